The molecular weight excluding hydrogens is 425 g/mol. The number of benzene rings is 2. The quantitative estimate of drug-likeness (QED) is 0.430. The van der Waals surface area contributed by atoms with Crippen molar-refractivity contribution in [1.29, 1.82) is 0 Å². The molecule has 0 aliphatic heterocycles. The topological polar surface area (TPSA) is 95.1 Å². The molecule has 31 heavy (non-hydrogen) atoms. The van der Waals surface area contributed by atoms with Crippen LogP contribution in [0.5, 0.6) is 0 Å². The molecule has 0 unspecified atom stereocenters. The smallest absolute Gasteiger partial charge is 0.343 e. The summed E-state index contributed by atoms with van der Waals surface area (Å²) in [5, 5.41) is 19.4. The zero-order chi connectivity index (χ0) is 22.7. The third kappa shape index (κ3) is 4.60. The Kier molecular flexibility index (Phi) is 6.72. The third-order valence-electron chi connectivity index (χ3n) is 4.68. The van der Waals surface area contributed by atoms with E-state index in [9.17, 15) is 24.2 Å². The van der Waals surface area contributed by atoms with Gasteiger partial charge in [-0.05, 0) is 29.3 Å². The molecule has 1 aromatic heterocycles. The molecule has 3 rings (SSSR count). The van der Waals surface area contributed by atoms with Crippen molar-refractivity contribution in [2.24, 2.45) is 4.99 Å². The summed E-state index contributed by atoms with van der Waals surface area (Å²) in [5.41, 5.74) is 0.196. The van der Waals surface area contributed by atoms with Crippen LogP contribution >= 0.6 is 11.6 Å². The van der Waals surface area contributed by atoms with E-state index in [1.807, 2.05) is 0 Å². The zero-order valence-electron chi connectivity index (χ0n) is 17.0. The van der Waals surface area contributed by atoms with Crippen molar-refractivity contribution < 1.29 is 19.4 Å². The maximum absolute atomic E-state index is 14.3. The zero-order valence-corrected chi connectivity index (χ0v) is 17.7. The second-order valence-corrected chi connectivity index (χ2v) is 7.56. The third-order valence-corrected chi connectivity index (χ3v) is 4.97. The van der Waals surface area contributed by atoms with Crippen molar-refractivity contribution in [3.05, 3.63) is 74.2 Å². The monoisotopic (exact) mass is 445 g/mol. The van der Waals surface area contributed by atoms with Crippen molar-refractivity contribution in [1.82, 2.24) is 9.47 Å². The van der Waals surface area contributed by atoms with Crippen LogP contribution in [0.2, 0.25) is 5.02 Å². The van der Waals surface area contributed by atoms with Crippen LogP contribution in [0.4, 0.5) is 10.2 Å². The number of aliphatic hydroxyl groups excluding tert-OH is 1. The molecule has 0 saturated heterocycles. The van der Waals surface area contributed by atoms with Crippen LogP contribution in [0.1, 0.15) is 21.5 Å². The van der Waals surface area contributed by atoms with Crippen LogP contribution in [0.25, 0.3) is 10.9 Å². The number of hydrogen-bond donors (Lipinski definition) is 2. The Balaban J connectivity index is 2.25. The molecule has 0 aliphatic carbocycles. The number of carboxylic acid groups (broad SMARTS) is 1. The second kappa shape index (κ2) is 9.28. The van der Waals surface area contributed by atoms with E-state index >= 15 is 0 Å². The molecule has 162 valence electrons. The summed E-state index contributed by atoms with van der Waals surface area (Å²) < 4.78 is 15.8. The highest BCUT2D eigenvalue weighted by Crippen LogP contribution is 2.26. The predicted octanol–water partition coefficient (Wildman–Crippen LogP) is 3.30. The Labute approximate surface area is 182 Å². The first-order valence-corrected chi connectivity index (χ1v) is 9.79. The number of aromatic carboxylic acids is 1. The van der Waals surface area contributed by atoms with Crippen molar-refractivity contribution in [2.75, 3.05) is 20.7 Å². The summed E-state index contributed by atoms with van der Waals surface area (Å²) in [6.07, 6.45) is 1.56. The molecule has 0 bridgehead atoms. The van der Waals surface area contributed by atoms with Gasteiger partial charge in [0, 0.05) is 32.4 Å². The van der Waals surface area contributed by atoms with E-state index in [4.69, 9.17) is 11.6 Å². The standard InChI is InChI=1S/C22H21ClFN3O4/c1-26(2)12-25-21-18(22(30)31)20(29)15-11-13(6-7-17(15)27(21)8-9-28)10-14-4-3-5-16(23)19(14)24/h3-7,11-12,28H,8-10H2,1-2H3,(H,30,31). The molecule has 9 heteroatoms. The second-order valence-electron chi connectivity index (χ2n) is 7.16. The van der Waals surface area contributed by atoms with Crippen LogP contribution in [0.3, 0.4) is 0 Å². The summed E-state index contributed by atoms with van der Waals surface area (Å²) in [6, 6.07) is 9.58. The molecule has 1 heterocycles. The minimum absolute atomic E-state index is 0.000139. The number of halogens is 2. The van der Waals surface area contributed by atoms with Crippen LogP contribution < -0.4 is 5.43 Å². The van der Waals surface area contributed by atoms with Crippen LogP contribution in [0.15, 0.2) is 46.2 Å². The molecular formula is C22H21ClFN3O4. The maximum Gasteiger partial charge on any atom is 0.343 e. The number of aromatic nitrogens is 1. The van der Waals surface area contributed by atoms with E-state index in [-0.39, 0.29) is 35.8 Å². The fraction of sp³-hybridized carbons (Fsp3) is 0.227. The summed E-state index contributed by atoms with van der Waals surface area (Å²) in [5.74, 6) is -2.02. The number of aliphatic hydroxyl groups is 1. The summed E-state index contributed by atoms with van der Waals surface area (Å²) in [6.45, 7) is -0.240. The van der Waals surface area contributed by atoms with Gasteiger partial charge < -0.3 is 19.7 Å². The SMILES string of the molecule is CN(C)C=Nc1c(C(=O)O)c(=O)c2cc(Cc3cccc(Cl)c3F)ccc2n1CCO. The number of rotatable bonds is 7. The molecule has 3 aromatic rings. The average Bonchev–Trinajstić information content (AvgIpc) is 2.72. The van der Waals surface area contributed by atoms with Crippen LogP contribution in [-0.4, -0.2) is 52.7 Å². The van der Waals surface area contributed by atoms with Gasteiger partial charge in [0.15, 0.2) is 11.4 Å². The number of fused-ring (bicyclic) bond motifs is 1. The number of pyridine rings is 1. The Hall–Kier alpha value is -3.23. The van der Waals surface area contributed by atoms with Gasteiger partial charge in [-0.3, -0.25) is 4.79 Å². The predicted molar refractivity (Wildman–Crippen MR) is 118 cm³/mol. The largest absolute Gasteiger partial charge is 0.477 e. The van der Waals surface area contributed by atoms with Gasteiger partial charge in [0.05, 0.1) is 23.5 Å². The summed E-state index contributed by atoms with van der Waals surface area (Å²) in [4.78, 5) is 30.8. The highest BCUT2D eigenvalue weighted by Gasteiger charge is 2.22. The van der Waals surface area contributed by atoms with E-state index < -0.39 is 22.8 Å². The first kappa shape index (κ1) is 22.5. The molecule has 0 amide bonds. The summed E-state index contributed by atoms with van der Waals surface area (Å²) in [7, 11) is 3.42. The van der Waals surface area contributed by atoms with Gasteiger partial charge in [-0.15, -0.1) is 0 Å². The Morgan fingerprint density at radius 2 is 2.03 bits per heavy atom. The Morgan fingerprint density at radius 3 is 2.68 bits per heavy atom. The lowest BCUT2D eigenvalue weighted by Gasteiger charge is -2.17. The normalized spacial score (nSPS) is 11.4. The van der Waals surface area contributed by atoms with Gasteiger partial charge in [-0.25, -0.2) is 14.2 Å². The number of carboxylic acids is 1. The molecule has 7 nitrogen and oxygen atoms in total. The number of nitrogens with zero attached hydrogens (tertiary/aromatic N) is 3. The molecule has 0 atom stereocenters. The van der Waals surface area contributed by atoms with E-state index in [2.05, 4.69) is 4.99 Å². The number of carbonyl (C=O) groups is 1. The van der Waals surface area contributed by atoms with Gasteiger partial charge in [0.1, 0.15) is 5.82 Å². The molecule has 2 aromatic carbocycles. The van der Waals surface area contributed by atoms with Crippen LogP contribution in [-0.2, 0) is 13.0 Å². The molecule has 0 aliphatic rings. The summed E-state index contributed by atoms with van der Waals surface area (Å²) >= 11 is 5.85. The highest BCUT2D eigenvalue weighted by atomic mass is 35.5. The van der Waals surface area contributed by atoms with E-state index in [1.165, 1.54) is 23.0 Å². The van der Waals surface area contributed by atoms with Crippen LogP contribution in [0, 0.1) is 5.82 Å². The minimum Gasteiger partial charge on any atom is -0.477 e. The first-order valence-electron chi connectivity index (χ1n) is 9.41. The van der Waals surface area contributed by atoms with Crippen molar-refractivity contribution >= 4 is 40.6 Å². The average molecular weight is 446 g/mol. The van der Waals surface area contributed by atoms with Gasteiger partial charge in [-0.2, -0.15) is 0 Å². The minimum atomic E-state index is -1.42. The fourth-order valence-corrected chi connectivity index (χ4v) is 3.52. The number of hydrogen-bond acceptors (Lipinski definition) is 4. The lowest BCUT2D eigenvalue weighted by molar-refractivity contribution is 0.0695. The van der Waals surface area contributed by atoms with Gasteiger partial charge >= 0.3 is 5.97 Å². The van der Waals surface area contributed by atoms with Crippen molar-refractivity contribution in [3.8, 4) is 0 Å². The van der Waals surface area contributed by atoms with E-state index in [0.29, 0.717) is 16.6 Å². The maximum atomic E-state index is 14.3. The number of aliphatic imine (C=N–C) groups is 1. The molecule has 0 spiro atoms. The van der Waals surface area contributed by atoms with Crippen molar-refractivity contribution in [3.63, 3.8) is 0 Å². The van der Waals surface area contributed by atoms with Gasteiger partial charge in [-0.1, -0.05) is 29.8 Å². The van der Waals surface area contributed by atoms with Gasteiger partial charge in [0.2, 0.25) is 5.43 Å². The lowest BCUT2D eigenvalue weighted by atomic mass is 10.0. The lowest BCUT2D eigenvalue weighted by Crippen LogP contribution is -2.21. The highest BCUT2D eigenvalue weighted by molar-refractivity contribution is 6.30. The Bertz CT molecular complexity index is 1240. The molecule has 0 fully saturated rings. The van der Waals surface area contributed by atoms with E-state index in [0.717, 1.165) is 0 Å². The van der Waals surface area contributed by atoms with Crippen molar-refractivity contribution in [2.45, 2.75) is 13.0 Å². The van der Waals surface area contributed by atoms with Gasteiger partial charge in [0.25, 0.3) is 0 Å². The molecule has 0 radical (unpaired) electrons. The Morgan fingerprint density at radius 1 is 1.29 bits per heavy atom. The molecule has 0 saturated carbocycles. The molecule has 2 N–H and O–H groups in total. The fourth-order valence-electron chi connectivity index (χ4n) is 3.32. The van der Waals surface area contributed by atoms with E-state index in [1.54, 1.807) is 43.3 Å². The first-order chi connectivity index (χ1) is 14.7.